The number of aromatic amines is 1. The molecular formula is C11H11N3OS. The van der Waals surface area contributed by atoms with Crippen LogP contribution in [0.2, 0.25) is 0 Å². The number of nitrogens with zero attached hydrogens (tertiary/aromatic N) is 1. The third-order valence-corrected chi connectivity index (χ3v) is 3.31. The van der Waals surface area contributed by atoms with E-state index in [4.69, 9.17) is 5.73 Å². The third kappa shape index (κ3) is 2.09. The van der Waals surface area contributed by atoms with Gasteiger partial charge < -0.3 is 10.7 Å². The van der Waals surface area contributed by atoms with E-state index >= 15 is 0 Å². The maximum atomic E-state index is 11.3. The van der Waals surface area contributed by atoms with Gasteiger partial charge in [-0.25, -0.2) is 4.98 Å². The summed E-state index contributed by atoms with van der Waals surface area (Å²) in [7, 11) is 0. The lowest BCUT2D eigenvalue weighted by Gasteiger charge is -2.07. The molecule has 0 aliphatic carbocycles. The lowest BCUT2D eigenvalue weighted by Crippen LogP contribution is -2.12. The number of hydrogen-bond donors (Lipinski definition) is 2. The number of amides is 1. The zero-order chi connectivity index (χ0) is 11.5. The first kappa shape index (κ1) is 10.8. The van der Waals surface area contributed by atoms with Crippen molar-refractivity contribution >= 4 is 17.7 Å². The van der Waals surface area contributed by atoms with Gasteiger partial charge in [0.15, 0.2) is 5.16 Å². The molecule has 1 aromatic carbocycles. The van der Waals surface area contributed by atoms with E-state index in [2.05, 4.69) is 9.97 Å². The van der Waals surface area contributed by atoms with E-state index in [-0.39, 0.29) is 0 Å². The maximum Gasteiger partial charge on any atom is 0.249 e. The number of aryl methyl sites for hydroxylation is 1. The van der Waals surface area contributed by atoms with Crippen molar-refractivity contribution in [2.75, 3.05) is 0 Å². The highest BCUT2D eigenvalue weighted by Crippen LogP contribution is 2.30. The van der Waals surface area contributed by atoms with Gasteiger partial charge in [-0.3, -0.25) is 4.79 Å². The first-order valence-electron chi connectivity index (χ1n) is 4.75. The molecule has 1 amide bonds. The molecule has 0 bridgehead atoms. The molecule has 16 heavy (non-hydrogen) atoms. The van der Waals surface area contributed by atoms with E-state index in [1.165, 1.54) is 11.8 Å². The number of hydrogen-bond acceptors (Lipinski definition) is 3. The van der Waals surface area contributed by atoms with Crippen molar-refractivity contribution in [3.63, 3.8) is 0 Å². The van der Waals surface area contributed by atoms with Gasteiger partial charge in [-0.05, 0) is 18.6 Å². The molecule has 1 heterocycles. The first-order chi connectivity index (χ1) is 7.68. The Hall–Kier alpha value is -1.75. The van der Waals surface area contributed by atoms with Crippen molar-refractivity contribution in [3.05, 3.63) is 41.7 Å². The predicted octanol–water partition coefficient (Wildman–Crippen LogP) is 1.97. The Bertz CT molecular complexity index is 508. The number of primary amides is 1. The fourth-order valence-electron chi connectivity index (χ4n) is 1.39. The second-order valence-corrected chi connectivity index (χ2v) is 4.31. The van der Waals surface area contributed by atoms with E-state index < -0.39 is 5.91 Å². The number of imidazole rings is 1. The number of aromatic nitrogens is 2. The predicted molar refractivity (Wildman–Crippen MR) is 62.4 cm³/mol. The molecule has 0 atom stereocenters. The summed E-state index contributed by atoms with van der Waals surface area (Å²) in [5, 5.41) is 0.747. The highest BCUT2D eigenvalue weighted by atomic mass is 32.2. The van der Waals surface area contributed by atoms with Crippen LogP contribution in [0.15, 0.2) is 40.6 Å². The molecule has 0 saturated heterocycles. The highest BCUT2D eigenvalue weighted by Gasteiger charge is 2.12. The molecule has 4 nitrogen and oxygen atoms in total. The summed E-state index contributed by atoms with van der Waals surface area (Å²) in [6.07, 6.45) is 3.41. The molecule has 0 radical (unpaired) electrons. The van der Waals surface area contributed by atoms with Crippen molar-refractivity contribution in [1.29, 1.82) is 0 Å². The van der Waals surface area contributed by atoms with Crippen molar-refractivity contribution in [2.45, 2.75) is 17.0 Å². The summed E-state index contributed by atoms with van der Waals surface area (Å²) < 4.78 is 0. The second kappa shape index (κ2) is 4.40. The number of nitrogens with two attached hydrogens (primary N) is 1. The SMILES string of the molecule is Cc1cccc(C(N)=O)c1Sc1ncc[nH]1. The molecular weight excluding hydrogens is 222 g/mol. The van der Waals surface area contributed by atoms with E-state index in [9.17, 15) is 4.79 Å². The normalized spacial score (nSPS) is 10.3. The summed E-state index contributed by atoms with van der Waals surface area (Å²) in [6, 6.07) is 5.49. The van der Waals surface area contributed by atoms with Gasteiger partial charge in [0.1, 0.15) is 0 Å². The van der Waals surface area contributed by atoms with Gasteiger partial charge in [0.05, 0.1) is 5.56 Å². The first-order valence-corrected chi connectivity index (χ1v) is 5.57. The fraction of sp³-hybridized carbons (Fsp3) is 0.0909. The van der Waals surface area contributed by atoms with Crippen LogP contribution < -0.4 is 5.73 Å². The van der Waals surface area contributed by atoms with Crippen LogP contribution in [0.3, 0.4) is 0 Å². The Morgan fingerprint density at radius 3 is 2.94 bits per heavy atom. The number of carbonyl (C=O) groups is 1. The molecule has 0 aliphatic heterocycles. The van der Waals surface area contributed by atoms with Gasteiger partial charge in [0.25, 0.3) is 0 Å². The number of carbonyl (C=O) groups excluding carboxylic acids is 1. The zero-order valence-electron chi connectivity index (χ0n) is 8.73. The lowest BCUT2D eigenvalue weighted by molar-refractivity contribution is 0.0997. The summed E-state index contributed by atoms with van der Waals surface area (Å²) >= 11 is 1.41. The van der Waals surface area contributed by atoms with Crippen LogP contribution in [-0.2, 0) is 0 Å². The monoisotopic (exact) mass is 233 g/mol. The lowest BCUT2D eigenvalue weighted by atomic mass is 10.1. The van der Waals surface area contributed by atoms with E-state index in [0.29, 0.717) is 5.56 Å². The molecule has 2 aromatic rings. The van der Waals surface area contributed by atoms with Crippen molar-refractivity contribution in [3.8, 4) is 0 Å². The Balaban J connectivity index is 2.42. The minimum Gasteiger partial charge on any atom is -0.366 e. The fourth-order valence-corrected chi connectivity index (χ4v) is 2.33. The molecule has 1 aromatic heterocycles. The summed E-state index contributed by atoms with van der Waals surface area (Å²) in [6.45, 7) is 1.94. The number of rotatable bonds is 3. The molecule has 2 rings (SSSR count). The second-order valence-electron chi connectivity index (χ2n) is 3.31. The number of H-pyrrole nitrogens is 1. The van der Waals surface area contributed by atoms with Crippen LogP contribution >= 0.6 is 11.8 Å². The van der Waals surface area contributed by atoms with Gasteiger partial charge >= 0.3 is 0 Å². The van der Waals surface area contributed by atoms with Crippen LogP contribution in [-0.4, -0.2) is 15.9 Å². The van der Waals surface area contributed by atoms with E-state index in [1.54, 1.807) is 18.5 Å². The minimum absolute atomic E-state index is 0.419. The quantitative estimate of drug-likeness (QED) is 0.851. The molecule has 0 fully saturated rings. The Kier molecular flexibility index (Phi) is 2.96. The van der Waals surface area contributed by atoms with Crippen molar-refractivity contribution in [2.24, 2.45) is 5.73 Å². The van der Waals surface area contributed by atoms with Crippen molar-refractivity contribution in [1.82, 2.24) is 9.97 Å². The minimum atomic E-state index is -0.419. The Morgan fingerprint density at radius 1 is 1.50 bits per heavy atom. The van der Waals surface area contributed by atoms with Gasteiger partial charge in [0.2, 0.25) is 5.91 Å². The van der Waals surface area contributed by atoms with Gasteiger partial charge in [-0.2, -0.15) is 0 Å². The summed E-state index contributed by atoms with van der Waals surface area (Å²) in [5.41, 5.74) is 6.87. The third-order valence-electron chi connectivity index (χ3n) is 2.15. The molecule has 3 N–H and O–H groups in total. The maximum absolute atomic E-state index is 11.3. The van der Waals surface area contributed by atoms with Crippen LogP contribution in [0, 0.1) is 6.92 Å². The molecule has 0 saturated carbocycles. The summed E-state index contributed by atoms with van der Waals surface area (Å²) in [5.74, 6) is -0.419. The Morgan fingerprint density at radius 2 is 2.31 bits per heavy atom. The topological polar surface area (TPSA) is 71.8 Å². The molecule has 0 spiro atoms. The molecule has 82 valence electrons. The molecule has 0 aliphatic rings. The van der Waals surface area contributed by atoms with Crippen LogP contribution in [0.1, 0.15) is 15.9 Å². The molecule has 5 heteroatoms. The molecule has 0 unspecified atom stereocenters. The van der Waals surface area contributed by atoms with Gasteiger partial charge in [0, 0.05) is 17.3 Å². The van der Waals surface area contributed by atoms with E-state index in [0.717, 1.165) is 15.6 Å². The zero-order valence-corrected chi connectivity index (χ0v) is 9.54. The van der Waals surface area contributed by atoms with Crippen molar-refractivity contribution < 1.29 is 4.79 Å². The van der Waals surface area contributed by atoms with Gasteiger partial charge in [-0.15, -0.1) is 0 Å². The number of benzene rings is 1. The van der Waals surface area contributed by atoms with Gasteiger partial charge in [-0.1, -0.05) is 23.9 Å². The van der Waals surface area contributed by atoms with Crippen LogP contribution in [0.25, 0.3) is 0 Å². The van der Waals surface area contributed by atoms with Crippen LogP contribution in [0.4, 0.5) is 0 Å². The standard InChI is InChI=1S/C11H11N3OS/c1-7-3-2-4-8(10(12)15)9(7)16-11-13-5-6-14-11/h2-6H,1H3,(H2,12,15)(H,13,14). The van der Waals surface area contributed by atoms with E-state index in [1.807, 2.05) is 19.1 Å². The largest absolute Gasteiger partial charge is 0.366 e. The Labute approximate surface area is 97.3 Å². The van der Waals surface area contributed by atoms with Crippen LogP contribution in [0.5, 0.6) is 0 Å². The number of nitrogens with one attached hydrogen (secondary N) is 1. The average molecular weight is 233 g/mol. The summed E-state index contributed by atoms with van der Waals surface area (Å²) in [4.78, 5) is 19.2. The smallest absolute Gasteiger partial charge is 0.249 e. The highest BCUT2D eigenvalue weighted by molar-refractivity contribution is 7.99. The average Bonchev–Trinajstić information content (AvgIpc) is 2.73.